The highest BCUT2D eigenvalue weighted by atomic mass is 32.1. The summed E-state index contributed by atoms with van der Waals surface area (Å²) in [7, 11) is 0. The SMILES string of the molecule is CC(C)Cc1ccc(CN2CCN(CCn3cncn3)CC2)s1. The first-order valence-electron chi connectivity index (χ1n) is 8.54. The van der Waals surface area contributed by atoms with Crippen molar-refractivity contribution in [1.29, 1.82) is 0 Å². The van der Waals surface area contributed by atoms with Crippen LogP contribution in [0, 0.1) is 5.92 Å². The summed E-state index contributed by atoms with van der Waals surface area (Å²) in [5.74, 6) is 0.745. The second-order valence-electron chi connectivity index (χ2n) is 6.74. The number of nitrogens with zero attached hydrogens (tertiary/aromatic N) is 5. The van der Waals surface area contributed by atoms with E-state index in [1.807, 2.05) is 16.0 Å². The van der Waals surface area contributed by atoms with E-state index in [-0.39, 0.29) is 0 Å². The summed E-state index contributed by atoms with van der Waals surface area (Å²) >= 11 is 1.99. The molecule has 1 fully saturated rings. The molecule has 0 aromatic carbocycles. The molecule has 0 N–H and O–H groups in total. The summed E-state index contributed by atoms with van der Waals surface area (Å²) in [5.41, 5.74) is 0. The maximum absolute atomic E-state index is 4.16. The molecule has 3 heterocycles. The van der Waals surface area contributed by atoms with Crippen molar-refractivity contribution in [2.24, 2.45) is 5.92 Å². The zero-order valence-corrected chi connectivity index (χ0v) is 15.0. The minimum Gasteiger partial charge on any atom is -0.299 e. The number of hydrogen-bond acceptors (Lipinski definition) is 5. The lowest BCUT2D eigenvalue weighted by atomic mass is 10.1. The van der Waals surface area contributed by atoms with E-state index in [1.165, 1.54) is 16.2 Å². The van der Waals surface area contributed by atoms with Crippen LogP contribution in [0.3, 0.4) is 0 Å². The average molecular weight is 334 g/mol. The van der Waals surface area contributed by atoms with E-state index in [0.29, 0.717) is 0 Å². The molecule has 0 spiro atoms. The van der Waals surface area contributed by atoms with E-state index >= 15 is 0 Å². The van der Waals surface area contributed by atoms with Gasteiger partial charge < -0.3 is 0 Å². The number of piperazine rings is 1. The van der Waals surface area contributed by atoms with Crippen molar-refractivity contribution in [1.82, 2.24) is 24.6 Å². The Balaban J connectivity index is 1.39. The Morgan fingerprint density at radius 3 is 2.48 bits per heavy atom. The van der Waals surface area contributed by atoms with Gasteiger partial charge >= 0.3 is 0 Å². The van der Waals surface area contributed by atoms with E-state index < -0.39 is 0 Å². The molecule has 126 valence electrons. The molecule has 3 rings (SSSR count). The highest BCUT2D eigenvalue weighted by Gasteiger charge is 2.17. The predicted molar refractivity (Wildman–Crippen MR) is 94.6 cm³/mol. The topological polar surface area (TPSA) is 37.2 Å². The molecular formula is C17H27N5S. The van der Waals surface area contributed by atoms with Crippen LogP contribution in [0.15, 0.2) is 24.8 Å². The van der Waals surface area contributed by atoms with Gasteiger partial charge in [0.1, 0.15) is 12.7 Å². The van der Waals surface area contributed by atoms with Crippen LogP contribution in [0.5, 0.6) is 0 Å². The molecule has 5 nitrogen and oxygen atoms in total. The fourth-order valence-corrected chi connectivity index (χ4v) is 4.28. The van der Waals surface area contributed by atoms with E-state index in [1.54, 1.807) is 12.7 Å². The van der Waals surface area contributed by atoms with Crippen LogP contribution in [0.2, 0.25) is 0 Å². The van der Waals surface area contributed by atoms with Gasteiger partial charge in [-0.25, -0.2) is 4.98 Å². The summed E-state index contributed by atoms with van der Waals surface area (Å²) in [6.07, 6.45) is 4.61. The third-order valence-electron chi connectivity index (χ3n) is 4.28. The largest absolute Gasteiger partial charge is 0.299 e. The van der Waals surface area contributed by atoms with Gasteiger partial charge in [0.05, 0.1) is 6.54 Å². The lowest BCUT2D eigenvalue weighted by molar-refractivity contribution is 0.124. The van der Waals surface area contributed by atoms with Crippen molar-refractivity contribution in [3.63, 3.8) is 0 Å². The minimum atomic E-state index is 0.745. The Kier molecular flexibility index (Phi) is 5.80. The van der Waals surface area contributed by atoms with Crippen LogP contribution in [0.4, 0.5) is 0 Å². The summed E-state index contributed by atoms with van der Waals surface area (Å²) in [4.78, 5) is 12.1. The molecule has 0 bridgehead atoms. The van der Waals surface area contributed by atoms with Gasteiger partial charge in [-0.15, -0.1) is 11.3 Å². The molecule has 0 atom stereocenters. The van der Waals surface area contributed by atoms with Crippen molar-refractivity contribution in [2.75, 3.05) is 32.7 Å². The zero-order valence-electron chi connectivity index (χ0n) is 14.2. The van der Waals surface area contributed by atoms with Crippen LogP contribution in [0.25, 0.3) is 0 Å². The monoisotopic (exact) mass is 333 g/mol. The molecule has 23 heavy (non-hydrogen) atoms. The quantitative estimate of drug-likeness (QED) is 0.779. The van der Waals surface area contributed by atoms with Gasteiger partial charge in [-0.05, 0) is 24.5 Å². The second kappa shape index (κ2) is 8.04. The fraction of sp³-hybridized carbons (Fsp3) is 0.647. The van der Waals surface area contributed by atoms with Gasteiger partial charge in [-0.2, -0.15) is 5.10 Å². The maximum atomic E-state index is 4.16. The molecule has 0 aliphatic carbocycles. The Morgan fingerprint density at radius 1 is 1.04 bits per heavy atom. The third kappa shape index (κ3) is 5.12. The first-order chi connectivity index (χ1) is 11.2. The van der Waals surface area contributed by atoms with Crippen LogP contribution in [0.1, 0.15) is 23.6 Å². The number of aromatic nitrogens is 3. The fourth-order valence-electron chi connectivity index (χ4n) is 3.00. The third-order valence-corrected chi connectivity index (χ3v) is 5.38. The lowest BCUT2D eigenvalue weighted by Crippen LogP contribution is -2.46. The second-order valence-corrected chi connectivity index (χ2v) is 8.00. The van der Waals surface area contributed by atoms with Crippen molar-refractivity contribution in [3.8, 4) is 0 Å². The van der Waals surface area contributed by atoms with Crippen LogP contribution >= 0.6 is 11.3 Å². The molecule has 1 saturated heterocycles. The van der Waals surface area contributed by atoms with Gasteiger partial charge in [0, 0.05) is 49.0 Å². The summed E-state index contributed by atoms with van der Waals surface area (Å²) in [6.45, 7) is 12.3. The molecule has 6 heteroatoms. The number of hydrogen-bond donors (Lipinski definition) is 0. The first-order valence-corrected chi connectivity index (χ1v) is 9.35. The van der Waals surface area contributed by atoms with Crippen molar-refractivity contribution >= 4 is 11.3 Å². The maximum Gasteiger partial charge on any atom is 0.137 e. The minimum absolute atomic E-state index is 0.745. The smallest absolute Gasteiger partial charge is 0.137 e. The Bertz CT molecular complexity index is 570. The Morgan fingerprint density at radius 2 is 1.78 bits per heavy atom. The van der Waals surface area contributed by atoms with Crippen molar-refractivity contribution in [2.45, 2.75) is 33.4 Å². The standard InChI is InChI=1S/C17H27N5S/c1-15(2)11-16-3-4-17(23-16)12-21-7-5-20(6-8-21)9-10-22-14-18-13-19-22/h3-4,13-15H,5-12H2,1-2H3. The number of thiophene rings is 1. The Labute approximate surface area is 142 Å². The van der Waals surface area contributed by atoms with Gasteiger partial charge in [-0.1, -0.05) is 13.8 Å². The summed E-state index contributed by atoms with van der Waals surface area (Å²) in [5, 5.41) is 4.16. The van der Waals surface area contributed by atoms with E-state index in [4.69, 9.17) is 0 Å². The van der Waals surface area contributed by atoms with E-state index in [0.717, 1.165) is 51.7 Å². The van der Waals surface area contributed by atoms with Crippen molar-refractivity contribution in [3.05, 3.63) is 34.5 Å². The molecule has 0 unspecified atom stereocenters. The molecular weight excluding hydrogens is 306 g/mol. The molecule has 1 aliphatic rings. The zero-order chi connectivity index (χ0) is 16.1. The van der Waals surface area contributed by atoms with Crippen molar-refractivity contribution < 1.29 is 0 Å². The highest BCUT2D eigenvalue weighted by Crippen LogP contribution is 2.21. The summed E-state index contributed by atoms with van der Waals surface area (Å²) < 4.78 is 1.91. The van der Waals surface area contributed by atoms with Gasteiger partial charge in [0.2, 0.25) is 0 Å². The molecule has 0 saturated carbocycles. The van der Waals surface area contributed by atoms with Gasteiger partial charge in [0.25, 0.3) is 0 Å². The predicted octanol–water partition coefficient (Wildman–Crippen LogP) is 2.36. The normalized spacial score (nSPS) is 17.2. The molecule has 0 amide bonds. The highest BCUT2D eigenvalue weighted by molar-refractivity contribution is 7.11. The van der Waals surface area contributed by atoms with Gasteiger partial charge in [0.15, 0.2) is 0 Å². The molecule has 1 aliphatic heterocycles. The molecule has 2 aromatic rings. The van der Waals surface area contributed by atoms with E-state index in [9.17, 15) is 0 Å². The number of rotatable bonds is 7. The molecule has 0 radical (unpaired) electrons. The van der Waals surface area contributed by atoms with Crippen LogP contribution in [-0.2, 0) is 19.5 Å². The lowest BCUT2D eigenvalue weighted by Gasteiger charge is -2.34. The average Bonchev–Trinajstić information content (AvgIpc) is 3.18. The summed E-state index contributed by atoms with van der Waals surface area (Å²) in [6, 6.07) is 4.63. The van der Waals surface area contributed by atoms with E-state index in [2.05, 4.69) is 45.9 Å². The Hall–Kier alpha value is -1.24. The van der Waals surface area contributed by atoms with Crippen LogP contribution in [-0.4, -0.2) is 57.3 Å². The molecule has 2 aromatic heterocycles. The van der Waals surface area contributed by atoms with Crippen LogP contribution < -0.4 is 0 Å². The van der Waals surface area contributed by atoms with Gasteiger partial charge in [-0.3, -0.25) is 14.5 Å². The first kappa shape index (κ1) is 16.6.